The second-order valence-electron chi connectivity index (χ2n) is 5.86. The first kappa shape index (κ1) is 16.1. The zero-order valence-electron chi connectivity index (χ0n) is 13.2. The summed E-state index contributed by atoms with van der Waals surface area (Å²) in [5.41, 5.74) is 1.16. The fraction of sp³-hybridized carbons (Fsp3) is 0.278. The Morgan fingerprint density at radius 3 is 2.65 bits per heavy atom. The highest BCUT2D eigenvalue weighted by molar-refractivity contribution is 7.20. The molecule has 1 aromatic carbocycles. The van der Waals surface area contributed by atoms with E-state index in [1.165, 1.54) is 0 Å². The molecule has 0 aliphatic carbocycles. The van der Waals surface area contributed by atoms with Gasteiger partial charge in [-0.1, -0.05) is 23.7 Å². The summed E-state index contributed by atoms with van der Waals surface area (Å²) in [6.07, 6.45) is 5.00. The summed E-state index contributed by atoms with van der Waals surface area (Å²) in [4.78, 5) is 13.0. The molecule has 3 aromatic rings. The Labute approximate surface area is 144 Å². The molecule has 0 aliphatic rings. The fourth-order valence-corrected chi connectivity index (χ4v) is 3.54. The molecule has 0 radical (unpaired) electrons. The van der Waals surface area contributed by atoms with Crippen LogP contribution in [0.2, 0.25) is 5.02 Å². The lowest BCUT2D eigenvalue weighted by molar-refractivity contribution is 0.0958. The number of thiophene rings is 1. The van der Waals surface area contributed by atoms with Crippen LogP contribution in [0.4, 0.5) is 0 Å². The summed E-state index contributed by atoms with van der Waals surface area (Å²) < 4.78 is 3.32. The minimum Gasteiger partial charge on any atom is -0.351 e. The number of carbonyl (C=O) groups is 1. The number of aromatic nitrogens is 1. The molecule has 0 bridgehead atoms. The molecule has 2 aromatic heterocycles. The maximum Gasteiger partial charge on any atom is 0.261 e. The molecule has 1 N–H and O–H groups in total. The van der Waals surface area contributed by atoms with Crippen molar-refractivity contribution in [3.8, 4) is 0 Å². The number of benzene rings is 1. The van der Waals surface area contributed by atoms with Crippen LogP contribution in [0.15, 0.2) is 42.7 Å². The van der Waals surface area contributed by atoms with Gasteiger partial charge >= 0.3 is 0 Å². The van der Waals surface area contributed by atoms with Gasteiger partial charge < -0.3 is 9.88 Å². The molecule has 0 saturated heterocycles. The molecule has 0 unspecified atom stereocenters. The highest BCUT2D eigenvalue weighted by Crippen LogP contribution is 2.28. The maximum atomic E-state index is 12.2. The minimum absolute atomic E-state index is 0.00346. The van der Waals surface area contributed by atoms with Crippen LogP contribution in [0.25, 0.3) is 10.1 Å². The van der Waals surface area contributed by atoms with E-state index < -0.39 is 0 Å². The Bertz CT molecular complexity index is 786. The van der Waals surface area contributed by atoms with Crippen molar-refractivity contribution in [1.82, 2.24) is 9.88 Å². The van der Waals surface area contributed by atoms with Crippen LogP contribution >= 0.6 is 22.9 Å². The lowest BCUT2D eigenvalue weighted by Crippen LogP contribution is -2.24. The number of nitrogens with one attached hydrogen (secondary N) is 1. The van der Waals surface area contributed by atoms with Crippen molar-refractivity contribution in [2.24, 2.45) is 0 Å². The first-order valence-corrected chi connectivity index (χ1v) is 8.86. The second-order valence-corrected chi connectivity index (χ2v) is 7.38. The first-order valence-electron chi connectivity index (χ1n) is 7.66. The van der Waals surface area contributed by atoms with Crippen LogP contribution in [-0.2, 0) is 6.42 Å². The molecule has 2 heterocycles. The number of hydrogen-bond acceptors (Lipinski definition) is 2. The highest BCUT2D eigenvalue weighted by Gasteiger charge is 2.12. The average molecular weight is 347 g/mol. The quantitative estimate of drug-likeness (QED) is 0.699. The number of hydrogen-bond donors (Lipinski definition) is 1. The summed E-state index contributed by atoms with van der Waals surface area (Å²) in [6, 6.07) is 10.1. The Balaban J connectivity index is 1.59. The average Bonchev–Trinajstić information content (AvgIpc) is 3.08. The van der Waals surface area contributed by atoms with Crippen LogP contribution in [0.1, 0.15) is 35.1 Å². The van der Waals surface area contributed by atoms with E-state index in [0.717, 1.165) is 32.0 Å². The van der Waals surface area contributed by atoms with E-state index in [9.17, 15) is 4.79 Å². The van der Waals surface area contributed by atoms with Gasteiger partial charge in [-0.25, -0.2) is 0 Å². The molecule has 0 atom stereocenters. The van der Waals surface area contributed by atoms with Gasteiger partial charge in [0.1, 0.15) is 0 Å². The molecule has 3 rings (SSSR count). The van der Waals surface area contributed by atoms with Gasteiger partial charge in [0.05, 0.1) is 9.58 Å². The van der Waals surface area contributed by atoms with Crippen molar-refractivity contribution in [3.63, 3.8) is 0 Å². The van der Waals surface area contributed by atoms with Crippen LogP contribution in [0, 0.1) is 0 Å². The molecular formula is C18H19ClN2OS. The molecule has 1 amide bonds. The summed E-state index contributed by atoms with van der Waals surface area (Å²) in [5, 5.41) is 4.84. The summed E-state index contributed by atoms with van der Waals surface area (Å²) in [6.45, 7) is 4.91. The fourth-order valence-electron chi connectivity index (χ4n) is 2.42. The third kappa shape index (κ3) is 3.77. The summed E-state index contributed by atoms with van der Waals surface area (Å²) in [7, 11) is 0. The van der Waals surface area contributed by atoms with Gasteiger partial charge in [-0.05, 0) is 44.0 Å². The van der Waals surface area contributed by atoms with Crippen LogP contribution in [-0.4, -0.2) is 17.0 Å². The van der Waals surface area contributed by atoms with Gasteiger partial charge in [0.15, 0.2) is 0 Å². The molecule has 3 nitrogen and oxygen atoms in total. The first-order chi connectivity index (χ1) is 11.0. The Kier molecular flexibility index (Phi) is 4.74. The van der Waals surface area contributed by atoms with Gasteiger partial charge in [-0.15, -0.1) is 11.3 Å². The van der Waals surface area contributed by atoms with E-state index in [1.54, 1.807) is 11.3 Å². The van der Waals surface area contributed by atoms with Gasteiger partial charge in [0.25, 0.3) is 5.91 Å². The van der Waals surface area contributed by atoms with Crippen molar-refractivity contribution >= 4 is 38.9 Å². The van der Waals surface area contributed by atoms with Gasteiger partial charge in [0, 0.05) is 35.4 Å². The van der Waals surface area contributed by atoms with Crippen LogP contribution in [0.5, 0.6) is 0 Å². The monoisotopic (exact) mass is 346 g/mol. The standard InChI is InChI=1S/C18H19ClN2OS/c1-12(2)21-10-14-9-16(23-17(14)11-21)18(22)20-8-7-13-3-5-15(19)6-4-13/h3-6,9-12H,7-8H2,1-2H3,(H,20,22). The molecule has 120 valence electrons. The largest absolute Gasteiger partial charge is 0.351 e. The van der Waals surface area contributed by atoms with E-state index in [1.807, 2.05) is 30.3 Å². The predicted octanol–water partition coefficient (Wildman–Crippen LogP) is 4.91. The van der Waals surface area contributed by atoms with Crippen LogP contribution in [0.3, 0.4) is 0 Å². The van der Waals surface area contributed by atoms with Gasteiger partial charge in [-0.2, -0.15) is 0 Å². The lowest BCUT2D eigenvalue weighted by atomic mass is 10.1. The molecule has 23 heavy (non-hydrogen) atoms. The van der Waals surface area contributed by atoms with E-state index in [4.69, 9.17) is 11.6 Å². The van der Waals surface area contributed by atoms with Crippen molar-refractivity contribution in [3.05, 3.63) is 58.2 Å². The van der Waals surface area contributed by atoms with E-state index in [-0.39, 0.29) is 5.91 Å². The van der Waals surface area contributed by atoms with Crippen molar-refractivity contribution in [2.75, 3.05) is 6.54 Å². The Morgan fingerprint density at radius 2 is 2.00 bits per heavy atom. The van der Waals surface area contributed by atoms with Gasteiger partial charge in [0.2, 0.25) is 0 Å². The number of rotatable bonds is 5. The molecular weight excluding hydrogens is 328 g/mol. The van der Waals surface area contributed by atoms with Crippen molar-refractivity contribution < 1.29 is 4.79 Å². The van der Waals surface area contributed by atoms with Crippen molar-refractivity contribution in [1.29, 1.82) is 0 Å². The van der Waals surface area contributed by atoms with E-state index in [0.29, 0.717) is 12.6 Å². The maximum absolute atomic E-state index is 12.2. The number of nitrogens with zero attached hydrogens (tertiary/aromatic N) is 1. The molecule has 5 heteroatoms. The Hall–Kier alpha value is -1.78. The normalized spacial score (nSPS) is 11.3. The zero-order valence-corrected chi connectivity index (χ0v) is 14.7. The zero-order chi connectivity index (χ0) is 16.4. The van der Waals surface area contributed by atoms with Gasteiger partial charge in [-0.3, -0.25) is 4.79 Å². The highest BCUT2D eigenvalue weighted by atomic mass is 35.5. The molecule has 0 fully saturated rings. The van der Waals surface area contributed by atoms with E-state index >= 15 is 0 Å². The Morgan fingerprint density at radius 1 is 1.26 bits per heavy atom. The SMILES string of the molecule is CC(C)n1cc2cc(C(=O)NCCc3ccc(Cl)cc3)sc2c1. The minimum atomic E-state index is -0.00346. The third-order valence-electron chi connectivity index (χ3n) is 3.78. The molecule has 0 aliphatic heterocycles. The second kappa shape index (κ2) is 6.77. The molecule has 0 spiro atoms. The number of fused-ring (bicyclic) bond motifs is 1. The topological polar surface area (TPSA) is 34.0 Å². The predicted molar refractivity (Wildman–Crippen MR) is 97.7 cm³/mol. The number of halogens is 1. The van der Waals surface area contributed by atoms with E-state index in [2.05, 4.69) is 36.1 Å². The summed E-state index contributed by atoms with van der Waals surface area (Å²) >= 11 is 7.41. The van der Waals surface area contributed by atoms with Crippen molar-refractivity contribution in [2.45, 2.75) is 26.3 Å². The number of carbonyl (C=O) groups excluding carboxylic acids is 1. The lowest BCUT2D eigenvalue weighted by Gasteiger charge is -2.05. The third-order valence-corrected chi connectivity index (χ3v) is 5.11. The summed E-state index contributed by atoms with van der Waals surface area (Å²) in [5.74, 6) is -0.00346. The smallest absolute Gasteiger partial charge is 0.261 e. The van der Waals surface area contributed by atoms with Crippen LogP contribution < -0.4 is 5.32 Å². The number of amides is 1. The molecule has 0 saturated carbocycles.